The third-order valence-electron chi connectivity index (χ3n) is 5.45. The summed E-state index contributed by atoms with van der Waals surface area (Å²) in [5, 5.41) is 7.45. The van der Waals surface area contributed by atoms with Crippen molar-refractivity contribution in [2.24, 2.45) is 0 Å². The zero-order valence-corrected chi connectivity index (χ0v) is 20.5. The van der Waals surface area contributed by atoms with E-state index in [9.17, 15) is 9.59 Å². The SMILES string of the molecule is CC(=O)Oc1cc2c(cc1Cl)C1(OCC3=CC=C=CC=C31)c1cc(Cl)c(OC(C)=O)cc1O2.CO. The van der Waals surface area contributed by atoms with E-state index in [2.05, 4.69) is 5.73 Å². The molecule has 9 heteroatoms. The highest BCUT2D eigenvalue weighted by molar-refractivity contribution is 6.32. The van der Waals surface area contributed by atoms with Crippen molar-refractivity contribution in [1.29, 1.82) is 0 Å². The Morgan fingerprint density at radius 3 is 1.94 bits per heavy atom. The van der Waals surface area contributed by atoms with Gasteiger partial charge in [0.25, 0.3) is 0 Å². The molecule has 0 saturated carbocycles. The van der Waals surface area contributed by atoms with Gasteiger partial charge in [-0.15, -0.1) is 5.73 Å². The Morgan fingerprint density at radius 2 is 1.43 bits per heavy atom. The van der Waals surface area contributed by atoms with Gasteiger partial charge in [-0.3, -0.25) is 9.59 Å². The first-order valence-corrected chi connectivity index (χ1v) is 11.2. The molecule has 1 spiro atoms. The molecule has 0 amide bonds. The second kappa shape index (κ2) is 9.74. The van der Waals surface area contributed by atoms with Crippen LogP contribution in [0.2, 0.25) is 10.0 Å². The minimum atomic E-state index is -1.11. The van der Waals surface area contributed by atoms with Crippen LogP contribution >= 0.6 is 23.2 Å². The third kappa shape index (κ3) is 4.29. The number of aliphatic hydroxyl groups excluding tert-OH is 1. The zero-order chi connectivity index (χ0) is 25.3. The van der Waals surface area contributed by atoms with Crippen LogP contribution in [0.4, 0.5) is 0 Å². The van der Waals surface area contributed by atoms with Gasteiger partial charge in [0.05, 0.1) is 16.7 Å². The Kier molecular flexibility index (Phi) is 6.90. The van der Waals surface area contributed by atoms with Gasteiger partial charge in [0.15, 0.2) is 17.1 Å². The lowest BCUT2D eigenvalue weighted by Gasteiger charge is -2.38. The van der Waals surface area contributed by atoms with E-state index in [-0.39, 0.29) is 21.5 Å². The third-order valence-corrected chi connectivity index (χ3v) is 6.04. The van der Waals surface area contributed by atoms with Crippen LogP contribution in [0.15, 0.2) is 65.4 Å². The summed E-state index contributed by atoms with van der Waals surface area (Å²) in [6.45, 7) is 2.89. The number of fused-ring (bicyclic) bond motifs is 6. The van der Waals surface area contributed by atoms with E-state index in [4.69, 9.17) is 47.3 Å². The van der Waals surface area contributed by atoms with Crippen molar-refractivity contribution >= 4 is 35.1 Å². The molecule has 1 N–H and O–H groups in total. The van der Waals surface area contributed by atoms with E-state index in [0.717, 1.165) is 18.3 Å². The summed E-state index contributed by atoms with van der Waals surface area (Å²) < 4.78 is 23.1. The maximum Gasteiger partial charge on any atom is 0.308 e. The Balaban J connectivity index is 0.00000141. The fraction of sp³-hybridized carbons (Fsp3) is 0.192. The number of ether oxygens (including phenoxy) is 4. The van der Waals surface area contributed by atoms with E-state index in [1.807, 2.05) is 18.2 Å². The molecule has 180 valence electrons. The molecular weight excluding hydrogens is 495 g/mol. The van der Waals surface area contributed by atoms with Gasteiger partial charge in [-0.1, -0.05) is 23.2 Å². The van der Waals surface area contributed by atoms with Gasteiger partial charge in [0.2, 0.25) is 0 Å². The van der Waals surface area contributed by atoms with Gasteiger partial charge in [0.1, 0.15) is 11.5 Å². The van der Waals surface area contributed by atoms with Gasteiger partial charge in [0, 0.05) is 44.2 Å². The molecule has 0 unspecified atom stereocenters. The molecule has 7 nitrogen and oxygen atoms in total. The molecule has 0 radical (unpaired) electrons. The van der Waals surface area contributed by atoms with Crippen LogP contribution in [0.3, 0.4) is 0 Å². The Hall–Kier alpha value is -3.32. The summed E-state index contributed by atoms with van der Waals surface area (Å²) in [6, 6.07) is 6.41. The number of hydrogen-bond acceptors (Lipinski definition) is 7. The number of allylic oxidation sites excluding steroid dienone is 3. The highest BCUT2D eigenvalue weighted by atomic mass is 35.5. The van der Waals surface area contributed by atoms with Crippen LogP contribution < -0.4 is 14.2 Å². The monoisotopic (exact) mass is 514 g/mol. The predicted octanol–water partition coefficient (Wildman–Crippen LogP) is 5.41. The van der Waals surface area contributed by atoms with Crippen LogP contribution in [0, 0.1) is 0 Å². The first-order chi connectivity index (χ1) is 16.8. The van der Waals surface area contributed by atoms with Crippen molar-refractivity contribution in [1.82, 2.24) is 0 Å². The van der Waals surface area contributed by atoms with E-state index in [0.29, 0.717) is 29.2 Å². The standard InChI is InChI=1S/C25H16Cl2O6.CH4O/c1-13(28)31-23-10-21-17(8-19(23)26)25(16-7-5-3-4-6-15(16)12-30-25)18-9-20(27)24(32-14(2)29)11-22(18)33-21;1-2/h4-11H,12H2,1-2H3;2H,1H3. The second-order valence-electron chi connectivity index (χ2n) is 7.59. The normalized spacial score (nSPS) is 15.8. The minimum Gasteiger partial charge on any atom is -0.456 e. The van der Waals surface area contributed by atoms with Crippen LogP contribution in [-0.2, 0) is 19.9 Å². The fourth-order valence-electron chi connectivity index (χ4n) is 4.23. The quantitative estimate of drug-likeness (QED) is 0.325. The average Bonchev–Trinajstić information content (AvgIpc) is 2.99. The van der Waals surface area contributed by atoms with Crippen molar-refractivity contribution < 1.29 is 33.6 Å². The van der Waals surface area contributed by atoms with E-state index in [1.165, 1.54) is 13.8 Å². The molecule has 1 fully saturated rings. The lowest BCUT2D eigenvalue weighted by Crippen LogP contribution is -2.32. The highest BCUT2D eigenvalue weighted by Gasteiger charge is 2.52. The molecule has 0 bridgehead atoms. The Bertz CT molecular complexity index is 1290. The summed E-state index contributed by atoms with van der Waals surface area (Å²) in [4.78, 5) is 23.1. The smallest absolute Gasteiger partial charge is 0.308 e. The molecule has 1 aliphatic carbocycles. The van der Waals surface area contributed by atoms with Crippen molar-refractivity contribution in [2.75, 3.05) is 13.7 Å². The van der Waals surface area contributed by atoms with Crippen molar-refractivity contribution in [3.8, 4) is 23.0 Å². The van der Waals surface area contributed by atoms with Gasteiger partial charge in [-0.2, -0.15) is 0 Å². The van der Waals surface area contributed by atoms with Gasteiger partial charge in [-0.05, 0) is 47.6 Å². The van der Waals surface area contributed by atoms with Gasteiger partial charge < -0.3 is 24.1 Å². The maximum atomic E-state index is 11.6. The van der Waals surface area contributed by atoms with Crippen molar-refractivity contribution in [3.05, 3.63) is 86.6 Å². The minimum absolute atomic E-state index is 0.154. The number of aliphatic hydroxyl groups is 1. The first kappa shape index (κ1) is 24.8. The highest BCUT2D eigenvalue weighted by Crippen LogP contribution is 2.59. The topological polar surface area (TPSA) is 91.3 Å². The van der Waals surface area contributed by atoms with Crippen LogP contribution in [0.5, 0.6) is 23.0 Å². The average molecular weight is 515 g/mol. The van der Waals surface area contributed by atoms with Crippen LogP contribution in [0.1, 0.15) is 25.0 Å². The van der Waals surface area contributed by atoms with E-state index >= 15 is 0 Å². The summed E-state index contributed by atoms with van der Waals surface area (Å²) in [5.41, 5.74) is 5.03. The lowest BCUT2D eigenvalue weighted by atomic mass is 9.76. The number of carbonyl (C=O) groups excluding carboxylic acids is 2. The Morgan fingerprint density at radius 1 is 0.914 bits per heavy atom. The molecule has 5 rings (SSSR count). The molecule has 0 atom stereocenters. The summed E-state index contributed by atoms with van der Waals surface area (Å²) in [7, 11) is 1.00. The molecular formula is C26H20Cl2O7. The zero-order valence-electron chi connectivity index (χ0n) is 19.0. The summed E-state index contributed by atoms with van der Waals surface area (Å²) in [6.07, 6.45) is 7.47. The van der Waals surface area contributed by atoms with Crippen LogP contribution in [-0.4, -0.2) is 30.8 Å². The Labute approximate surface area is 211 Å². The largest absolute Gasteiger partial charge is 0.456 e. The number of halogens is 2. The molecule has 2 aliphatic heterocycles. The molecule has 2 aromatic carbocycles. The van der Waals surface area contributed by atoms with E-state index in [1.54, 1.807) is 30.3 Å². The number of hydrogen-bond donors (Lipinski definition) is 1. The summed E-state index contributed by atoms with van der Waals surface area (Å²) in [5.74, 6) is 0.0281. The van der Waals surface area contributed by atoms with Crippen LogP contribution in [0.25, 0.3) is 0 Å². The number of rotatable bonds is 2. The second-order valence-corrected chi connectivity index (χ2v) is 8.40. The molecule has 0 aromatic heterocycles. The lowest BCUT2D eigenvalue weighted by molar-refractivity contribution is -0.132. The number of carbonyl (C=O) groups is 2. The number of esters is 2. The molecule has 2 heterocycles. The van der Waals surface area contributed by atoms with Gasteiger partial charge in [-0.25, -0.2) is 0 Å². The molecule has 3 aliphatic rings. The maximum absolute atomic E-state index is 11.6. The first-order valence-electron chi connectivity index (χ1n) is 10.4. The predicted molar refractivity (Wildman–Crippen MR) is 129 cm³/mol. The van der Waals surface area contributed by atoms with E-state index < -0.39 is 17.5 Å². The number of benzene rings is 2. The molecule has 2 aromatic rings. The van der Waals surface area contributed by atoms with Crippen molar-refractivity contribution in [2.45, 2.75) is 19.4 Å². The molecule has 1 saturated heterocycles. The summed E-state index contributed by atoms with van der Waals surface area (Å²) >= 11 is 13.0. The fourth-order valence-corrected chi connectivity index (χ4v) is 4.63. The van der Waals surface area contributed by atoms with Gasteiger partial charge >= 0.3 is 11.9 Å². The van der Waals surface area contributed by atoms with Crippen molar-refractivity contribution in [3.63, 3.8) is 0 Å². The molecule has 35 heavy (non-hydrogen) atoms.